The molecule has 1 aliphatic heterocycles. The smallest absolute Gasteiger partial charge is 0.200 e. The number of anilines is 2. The number of fused-ring (bicyclic) bond motifs is 1. The van der Waals surface area contributed by atoms with Gasteiger partial charge in [-0.2, -0.15) is 0 Å². The van der Waals surface area contributed by atoms with E-state index in [0.29, 0.717) is 6.07 Å². The van der Waals surface area contributed by atoms with Gasteiger partial charge in [0.15, 0.2) is 35.0 Å². The van der Waals surface area contributed by atoms with Crippen LogP contribution in [0, 0.1) is 24.4 Å². The summed E-state index contributed by atoms with van der Waals surface area (Å²) in [5.41, 5.74) is 4.87. The molecule has 2 aromatic heterocycles. The molecule has 0 amide bonds. The number of carbonyl (C=O) groups is 1. The SMILES string of the molecule is Cc1c(N2CC(O)C2)c(F)cc2c(=O)c(C=O)cn(-c3nc(N)c(F)cc3F)c12. The van der Waals surface area contributed by atoms with Crippen LogP contribution in [0.3, 0.4) is 0 Å². The third-order valence-electron chi connectivity index (χ3n) is 4.95. The van der Waals surface area contributed by atoms with Gasteiger partial charge < -0.3 is 15.7 Å². The van der Waals surface area contributed by atoms with E-state index >= 15 is 0 Å². The summed E-state index contributed by atoms with van der Waals surface area (Å²) in [6.45, 7) is 1.90. The predicted octanol–water partition coefficient (Wildman–Crippen LogP) is 1.69. The van der Waals surface area contributed by atoms with E-state index in [1.54, 1.807) is 4.90 Å². The molecule has 1 fully saturated rings. The fourth-order valence-corrected chi connectivity index (χ4v) is 3.57. The van der Waals surface area contributed by atoms with Gasteiger partial charge in [-0.25, -0.2) is 18.2 Å². The monoisotopic (exact) mass is 404 g/mol. The molecule has 3 aromatic rings. The molecule has 29 heavy (non-hydrogen) atoms. The lowest BCUT2D eigenvalue weighted by atomic mass is 10.0. The molecular weight excluding hydrogens is 389 g/mol. The molecule has 4 rings (SSSR count). The molecular formula is C19H15F3N4O3. The number of rotatable bonds is 3. The van der Waals surface area contributed by atoms with Crippen molar-refractivity contribution in [3.63, 3.8) is 0 Å². The molecule has 0 bridgehead atoms. The van der Waals surface area contributed by atoms with Crippen molar-refractivity contribution in [2.24, 2.45) is 0 Å². The quantitative estimate of drug-likeness (QED) is 0.645. The molecule has 1 aliphatic rings. The molecule has 150 valence electrons. The van der Waals surface area contributed by atoms with Gasteiger partial charge in [0.05, 0.1) is 28.3 Å². The number of hydrogen-bond donors (Lipinski definition) is 2. The van der Waals surface area contributed by atoms with Crippen molar-refractivity contribution in [1.82, 2.24) is 9.55 Å². The number of benzene rings is 1. The second kappa shape index (κ2) is 6.59. The van der Waals surface area contributed by atoms with Crippen LogP contribution in [0.2, 0.25) is 0 Å². The van der Waals surface area contributed by atoms with E-state index in [1.807, 2.05) is 0 Å². The van der Waals surface area contributed by atoms with Crippen LogP contribution in [0.4, 0.5) is 24.7 Å². The zero-order valence-electron chi connectivity index (χ0n) is 15.1. The van der Waals surface area contributed by atoms with E-state index in [0.717, 1.165) is 16.8 Å². The maximum absolute atomic E-state index is 14.8. The lowest BCUT2D eigenvalue weighted by molar-refractivity contribution is 0.112. The Bertz CT molecular complexity index is 1240. The zero-order chi connectivity index (χ0) is 21.0. The normalized spacial score (nSPS) is 14.3. The second-order valence-corrected chi connectivity index (χ2v) is 6.85. The molecule has 0 saturated carbocycles. The van der Waals surface area contributed by atoms with E-state index in [2.05, 4.69) is 4.98 Å². The maximum atomic E-state index is 14.8. The Balaban J connectivity index is 2.12. The Morgan fingerprint density at radius 1 is 1.21 bits per heavy atom. The van der Waals surface area contributed by atoms with Crippen LogP contribution in [-0.2, 0) is 0 Å². The van der Waals surface area contributed by atoms with Crippen molar-refractivity contribution < 1.29 is 23.1 Å². The number of pyridine rings is 2. The van der Waals surface area contributed by atoms with Crippen LogP contribution in [0.1, 0.15) is 15.9 Å². The summed E-state index contributed by atoms with van der Waals surface area (Å²) in [4.78, 5) is 29.2. The van der Waals surface area contributed by atoms with Gasteiger partial charge in [0.2, 0.25) is 0 Å². The Morgan fingerprint density at radius 2 is 1.90 bits per heavy atom. The number of aliphatic hydroxyl groups excluding tert-OH is 1. The summed E-state index contributed by atoms with van der Waals surface area (Å²) < 4.78 is 44.0. The topological polar surface area (TPSA) is 101 Å². The lowest BCUT2D eigenvalue weighted by Crippen LogP contribution is -2.51. The first-order chi connectivity index (χ1) is 13.7. The van der Waals surface area contributed by atoms with Crippen LogP contribution < -0.4 is 16.1 Å². The van der Waals surface area contributed by atoms with Gasteiger partial charge >= 0.3 is 0 Å². The van der Waals surface area contributed by atoms with Gasteiger partial charge in [0, 0.05) is 30.9 Å². The molecule has 1 saturated heterocycles. The summed E-state index contributed by atoms with van der Waals surface area (Å²) in [5, 5.41) is 9.38. The predicted molar refractivity (Wildman–Crippen MR) is 100.0 cm³/mol. The van der Waals surface area contributed by atoms with Gasteiger partial charge in [-0.15, -0.1) is 0 Å². The summed E-state index contributed by atoms with van der Waals surface area (Å²) in [7, 11) is 0. The number of nitrogens with two attached hydrogens (primary N) is 1. The summed E-state index contributed by atoms with van der Waals surface area (Å²) in [6, 6.07) is 1.49. The molecule has 3 N–H and O–H groups in total. The molecule has 3 heterocycles. The molecule has 10 heteroatoms. The van der Waals surface area contributed by atoms with E-state index in [1.165, 1.54) is 6.92 Å². The van der Waals surface area contributed by atoms with Crippen LogP contribution in [-0.4, -0.2) is 40.1 Å². The number of nitrogen functional groups attached to an aromatic ring is 1. The highest BCUT2D eigenvalue weighted by molar-refractivity contribution is 5.92. The van der Waals surface area contributed by atoms with Crippen molar-refractivity contribution in [1.29, 1.82) is 0 Å². The fraction of sp³-hybridized carbons (Fsp3) is 0.211. The highest BCUT2D eigenvalue weighted by Crippen LogP contribution is 2.34. The Labute approximate surface area is 161 Å². The molecule has 0 radical (unpaired) electrons. The minimum atomic E-state index is -1.08. The number of aliphatic hydroxyl groups is 1. The van der Waals surface area contributed by atoms with E-state index in [9.17, 15) is 27.9 Å². The number of nitrogens with zero attached hydrogens (tertiary/aromatic N) is 3. The summed E-state index contributed by atoms with van der Waals surface area (Å²) in [6.07, 6.45) is 0.705. The van der Waals surface area contributed by atoms with E-state index in [4.69, 9.17) is 5.73 Å². The first-order valence-corrected chi connectivity index (χ1v) is 8.61. The van der Waals surface area contributed by atoms with E-state index in [-0.39, 0.29) is 47.1 Å². The molecule has 0 aliphatic carbocycles. The standard InChI is InChI=1S/C19H15F3N4O3/c1-8-15-11(2-12(20)16(8)25-5-10(28)6-25)17(29)9(7-27)4-26(15)19-14(22)3-13(21)18(23)24-19/h2-4,7,10,28H,5-6H2,1H3,(H2,23,24). The molecule has 0 unspecified atom stereocenters. The minimum Gasteiger partial charge on any atom is -0.389 e. The number of aryl methyl sites for hydroxylation is 1. The van der Waals surface area contributed by atoms with Gasteiger partial charge in [-0.05, 0) is 13.0 Å². The maximum Gasteiger partial charge on any atom is 0.200 e. The average molecular weight is 404 g/mol. The zero-order valence-corrected chi connectivity index (χ0v) is 15.1. The largest absolute Gasteiger partial charge is 0.389 e. The number of halogens is 3. The third-order valence-corrected chi connectivity index (χ3v) is 4.95. The van der Waals surface area contributed by atoms with Crippen LogP contribution in [0.25, 0.3) is 16.7 Å². The van der Waals surface area contributed by atoms with E-state index < -0.39 is 40.6 Å². The molecule has 7 nitrogen and oxygen atoms in total. The minimum absolute atomic E-state index is 0.0933. The second-order valence-electron chi connectivity index (χ2n) is 6.85. The number of β-amino-alcohol motifs (C(OH)–C–C–N with tert-alkyl or cyclic N) is 1. The summed E-state index contributed by atoms with van der Waals surface area (Å²) >= 11 is 0. The van der Waals surface area contributed by atoms with Crippen LogP contribution in [0.15, 0.2) is 23.1 Å². The summed E-state index contributed by atoms with van der Waals surface area (Å²) in [5.74, 6) is -3.89. The number of aldehydes is 1. The van der Waals surface area contributed by atoms with Crippen molar-refractivity contribution in [3.05, 3.63) is 57.1 Å². The Kier molecular flexibility index (Phi) is 4.30. The fourth-order valence-electron chi connectivity index (χ4n) is 3.57. The van der Waals surface area contributed by atoms with Crippen molar-refractivity contribution in [2.45, 2.75) is 13.0 Å². The number of carbonyl (C=O) groups excluding carboxylic acids is 1. The van der Waals surface area contributed by atoms with Crippen molar-refractivity contribution in [3.8, 4) is 5.82 Å². The van der Waals surface area contributed by atoms with Crippen molar-refractivity contribution in [2.75, 3.05) is 23.7 Å². The first-order valence-electron chi connectivity index (χ1n) is 8.61. The first kappa shape index (κ1) is 18.9. The highest BCUT2D eigenvalue weighted by Gasteiger charge is 2.30. The Hall–Kier alpha value is -3.40. The number of hydrogen-bond acceptors (Lipinski definition) is 6. The molecule has 0 spiro atoms. The van der Waals surface area contributed by atoms with Gasteiger partial charge in [0.25, 0.3) is 0 Å². The van der Waals surface area contributed by atoms with Gasteiger partial charge in [0.1, 0.15) is 5.82 Å². The van der Waals surface area contributed by atoms with Gasteiger partial charge in [-0.1, -0.05) is 0 Å². The van der Waals surface area contributed by atoms with Gasteiger partial charge in [-0.3, -0.25) is 14.2 Å². The highest BCUT2D eigenvalue weighted by atomic mass is 19.1. The Morgan fingerprint density at radius 3 is 2.52 bits per heavy atom. The number of aromatic nitrogens is 2. The third kappa shape index (κ3) is 2.83. The molecule has 0 atom stereocenters. The van der Waals surface area contributed by atoms with Crippen LogP contribution >= 0.6 is 0 Å². The molecule has 1 aromatic carbocycles. The van der Waals surface area contributed by atoms with Crippen LogP contribution in [0.5, 0.6) is 0 Å². The average Bonchev–Trinajstić information content (AvgIpc) is 2.64. The van der Waals surface area contributed by atoms with Crippen molar-refractivity contribution >= 4 is 28.7 Å². The lowest BCUT2D eigenvalue weighted by Gasteiger charge is -2.39.